The number of carbonyl (C=O) groups is 6. The predicted molar refractivity (Wildman–Crippen MR) is 141 cm³/mol. The Morgan fingerprint density at radius 2 is 1.56 bits per heavy atom. The second-order valence-electron chi connectivity index (χ2n) is 9.64. The topological polar surface area (TPSA) is 222 Å². The second-order valence-corrected chi connectivity index (χ2v) is 9.64. The van der Waals surface area contributed by atoms with E-state index in [2.05, 4.69) is 23.8 Å². The quantitative estimate of drug-likeness (QED) is 0.0792. The van der Waals surface area contributed by atoms with E-state index in [1.165, 1.54) is 25.3 Å². The third-order valence-electron chi connectivity index (χ3n) is 6.36. The second kappa shape index (κ2) is 17.6. The van der Waals surface area contributed by atoms with Gasteiger partial charge in [0.05, 0.1) is 12.8 Å². The average molecular weight is 583 g/mol. The molecule has 0 saturated carbocycles. The molecule has 5 atom stereocenters. The number of cyclic esters (lactones) is 1. The molecule has 13 heteroatoms. The SMILES string of the molecule is CCCCC/C=C\C/C=C\CC/C=C/C1CC(C(O)(CC(=O)O)C(=O)OC(C(=O)O)C(CC(=O)O)C(=O)O)C(=O)O1. The molecule has 0 aromatic rings. The van der Waals surface area contributed by atoms with Crippen molar-refractivity contribution in [3.05, 3.63) is 36.5 Å². The van der Waals surface area contributed by atoms with Gasteiger partial charge in [-0.2, -0.15) is 0 Å². The molecule has 1 aliphatic heterocycles. The van der Waals surface area contributed by atoms with Crippen LogP contribution in [-0.2, 0) is 38.2 Å². The summed E-state index contributed by atoms with van der Waals surface area (Å²) in [5.74, 6) is -14.5. The van der Waals surface area contributed by atoms with Crippen molar-refractivity contribution in [3.63, 3.8) is 0 Å². The molecule has 0 aromatic carbocycles. The molecule has 1 aliphatic rings. The van der Waals surface area contributed by atoms with E-state index in [4.69, 9.17) is 9.84 Å². The van der Waals surface area contributed by atoms with E-state index in [1.54, 1.807) is 6.08 Å². The van der Waals surface area contributed by atoms with Crippen molar-refractivity contribution in [3.8, 4) is 0 Å². The molecule has 1 fully saturated rings. The van der Waals surface area contributed by atoms with Crippen LogP contribution in [0, 0.1) is 11.8 Å². The van der Waals surface area contributed by atoms with Gasteiger partial charge in [0.15, 0.2) is 5.60 Å². The zero-order valence-corrected chi connectivity index (χ0v) is 22.8. The molecule has 5 N–H and O–H groups in total. The molecule has 41 heavy (non-hydrogen) atoms. The Morgan fingerprint density at radius 1 is 0.927 bits per heavy atom. The summed E-state index contributed by atoms with van der Waals surface area (Å²) in [5.41, 5.74) is -3.11. The monoisotopic (exact) mass is 582 g/mol. The Balaban J connectivity index is 2.86. The Hall–Kier alpha value is -4.00. The van der Waals surface area contributed by atoms with Crippen molar-refractivity contribution in [1.82, 2.24) is 0 Å². The van der Waals surface area contributed by atoms with Crippen LogP contribution in [0.4, 0.5) is 0 Å². The third kappa shape index (κ3) is 12.0. The number of carbonyl (C=O) groups excluding carboxylic acids is 2. The molecule has 228 valence electrons. The molecule has 0 bridgehead atoms. The molecule has 5 unspecified atom stereocenters. The first-order chi connectivity index (χ1) is 19.3. The zero-order valence-electron chi connectivity index (χ0n) is 22.8. The summed E-state index contributed by atoms with van der Waals surface area (Å²) < 4.78 is 9.78. The Labute approximate surface area is 237 Å². The third-order valence-corrected chi connectivity index (χ3v) is 6.36. The summed E-state index contributed by atoms with van der Waals surface area (Å²) in [7, 11) is 0. The fraction of sp³-hybridized carbons (Fsp3) is 0.571. The van der Waals surface area contributed by atoms with E-state index < -0.39 is 78.3 Å². The van der Waals surface area contributed by atoms with Crippen molar-refractivity contribution in [2.45, 2.75) is 88.9 Å². The van der Waals surface area contributed by atoms with E-state index in [-0.39, 0.29) is 6.42 Å². The molecule has 1 rings (SSSR count). The van der Waals surface area contributed by atoms with Gasteiger partial charge in [-0.25, -0.2) is 9.59 Å². The van der Waals surface area contributed by atoms with Gasteiger partial charge >= 0.3 is 35.8 Å². The summed E-state index contributed by atoms with van der Waals surface area (Å²) in [6.45, 7) is 2.15. The highest BCUT2D eigenvalue weighted by Gasteiger charge is 2.56. The van der Waals surface area contributed by atoms with Gasteiger partial charge in [-0.15, -0.1) is 0 Å². The first-order valence-electron chi connectivity index (χ1n) is 13.3. The fourth-order valence-electron chi connectivity index (χ4n) is 4.18. The first-order valence-corrected chi connectivity index (χ1v) is 13.3. The van der Waals surface area contributed by atoms with Gasteiger partial charge in [0.2, 0.25) is 6.10 Å². The highest BCUT2D eigenvalue weighted by Crippen LogP contribution is 2.36. The summed E-state index contributed by atoms with van der Waals surface area (Å²) >= 11 is 0. The van der Waals surface area contributed by atoms with Crippen LogP contribution in [0.2, 0.25) is 0 Å². The highest BCUT2D eigenvalue weighted by molar-refractivity contribution is 5.94. The molecular weight excluding hydrogens is 544 g/mol. The number of esters is 2. The van der Waals surface area contributed by atoms with E-state index in [0.29, 0.717) is 12.8 Å². The fourth-order valence-corrected chi connectivity index (χ4v) is 4.18. The van der Waals surface area contributed by atoms with Crippen molar-refractivity contribution in [2.24, 2.45) is 11.8 Å². The molecule has 1 heterocycles. The van der Waals surface area contributed by atoms with E-state index in [1.807, 2.05) is 12.2 Å². The highest BCUT2D eigenvalue weighted by atomic mass is 16.6. The number of aliphatic hydroxyl groups is 1. The van der Waals surface area contributed by atoms with Crippen LogP contribution in [-0.4, -0.2) is 79.2 Å². The number of rotatable bonds is 20. The van der Waals surface area contributed by atoms with E-state index in [9.17, 15) is 49.2 Å². The first kappa shape index (κ1) is 35.0. The summed E-state index contributed by atoms with van der Waals surface area (Å²) in [6, 6.07) is 0. The van der Waals surface area contributed by atoms with Crippen LogP contribution in [0.3, 0.4) is 0 Å². The van der Waals surface area contributed by atoms with Crippen molar-refractivity contribution in [1.29, 1.82) is 0 Å². The van der Waals surface area contributed by atoms with Crippen molar-refractivity contribution < 1.29 is 63.8 Å². The Kier molecular flexibility index (Phi) is 15.1. The molecular formula is C28H38O13. The van der Waals surface area contributed by atoms with E-state index >= 15 is 0 Å². The lowest BCUT2D eigenvalue weighted by atomic mass is 9.82. The van der Waals surface area contributed by atoms with Crippen molar-refractivity contribution >= 4 is 35.8 Å². The minimum atomic E-state index is -3.11. The average Bonchev–Trinajstić information content (AvgIpc) is 3.26. The minimum absolute atomic E-state index is 0.345. The van der Waals surface area contributed by atoms with Crippen LogP contribution in [0.1, 0.15) is 71.1 Å². The summed E-state index contributed by atoms with van der Waals surface area (Å²) in [5, 5.41) is 47.8. The Bertz CT molecular complexity index is 1030. The van der Waals surface area contributed by atoms with Crippen molar-refractivity contribution in [2.75, 3.05) is 0 Å². The predicted octanol–water partition coefficient (Wildman–Crippen LogP) is 2.71. The van der Waals surface area contributed by atoms with Gasteiger partial charge in [-0.1, -0.05) is 50.1 Å². The molecule has 13 nitrogen and oxygen atoms in total. The number of carboxylic acid groups (broad SMARTS) is 4. The molecule has 0 amide bonds. The molecule has 0 aromatic heterocycles. The largest absolute Gasteiger partial charge is 0.481 e. The maximum Gasteiger partial charge on any atom is 0.345 e. The van der Waals surface area contributed by atoms with Gasteiger partial charge in [-0.3, -0.25) is 19.2 Å². The summed E-state index contributed by atoms with van der Waals surface area (Å²) in [6.07, 6.45) is 11.7. The lowest BCUT2D eigenvalue weighted by Gasteiger charge is -2.30. The maximum atomic E-state index is 12.9. The van der Waals surface area contributed by atoms with Crippen LogP contribution >= 0.6 is 0 Å². The number of hydrogen-bond donors (Lipinski definition) is 5. The maximum absolute atomic E-state index is 12.9. The lowest BCUT2D eigenvalue weighted by molar-refractivity contribution is -0.194. The molecule has 0 aliphatic carbocycles. The number of allylic oxidation sites excluding steroid dienone is 5. The molecule has 0 spiro atoms. The minimum Gasteiger partial charge on any atom is -0.481 e. The number of aliphatic carboxylic acids is 4. The standard InChI is InChI=1S/C28H38O13/c1-2-3-4-5-6-7-8-9-10-11-12-13-14-18-15-20(26(37)40-18)28(39,17-22(31)32)27(38)41-23(25(35)36)19(24(33)34)16-21(29)30/h6-7,9-10,13-14,18-20,23,39H,2-5,8,11-12,15-17H2,1H3,(H,29,30)(H,31,32)(H,33,34)(H,35,36)/b7-6-,10-9-,14-13+. The van der Waals surface area contributed by atoms with Crippen LogP contribution in [0.5, 0.6) is 0 Å². The van der Waals surface area contributed by atoms with Gasteiger partial charge in [0.1, 0.15) is 17.9 Å². The number of carboxylic acids is 4. The molecule has 1 saturated heterocycles. The van der Waals surface area contributed by atoms with Gasteiger partial charge in [-0.05, 0) is 38.2 Å². The number of ether oxygens (including phenoxy) is 2. The Morgan fingerprint density at radius 3 is 2.12 bits per heavy atom. The van der Waals surface area contributed by atoms with E-state index in [0.717, 1.165) is 12.8 Å². The zero-order chi connectivity index (χ0) is 31.0. The van der Waals surface area contributed by atoms with Crippen LogP contribution < -0.4 is 0 Å². The molecule has 0 radical (unpaired) electrons. The van der Waals surface area contributed by atoms with Crippen LogP contribution in [0.25, 0.3) is 0 Å². The smallest absolute Gasteiger partial charge is 0.345 e. The number of unbranched alkanes of at least 4 members (excludes halogenated alkanes) is 4. The summed E-state index contributed by atoms with van der Waals surface area (Å²) in [4.78, 5) is 70.8. The number of hydrogen-bond acceptors (Lipinski definition) is 9. The lowest BCUT2D eigenvalue weighted by Crippen LogP contribution is -2.53. The van der Waals surface area contributed by atoms with Gasteiger partial charge in [0.25, 0.3) is 0 Å². The van der Waals surface area contributed by atoms with Gasteiger partial charge < -0.3 is 35.0 Å². The van der Waals surface area contributed by atoms with Crippen LogP contribution in [0.15, 0.2) is 36.5 Å². The normalized spacial score (nSPS) is 20.1. The van der Waals surface area contributed by atoms with Gasteiger partial charge in [0, 0.05) is 6.42 Å².